The molecule has 3 heterocycles. The Balaban J connectivity index is 1.27. The molecule has 212 valence electrons. The summed E-state index contributed by atoms with van der Waals surface area (Å²) in [6, 6.07) is 25.2. The van der Waals surface area contributed by atoms with Crippen LogP contribution in [0.2, 0.25) is 0 Å². The Morgan fingerprint density at radius 1 is 1.02 bits per heavy atom. The van der Waals surface area contributed by atoms with Gasteiger partial charge in [0, 0.05) is 17.0 Å². The second kappa shape index (κ2) is 12.5. The van der Waals surface area contributed by atoms with Gasteiger partial charge in [-0.1, -0.05) is 100 Å². The maximum atomic E-state index is 13.4. The van der Waals surface area contributed by atoms with Crippen molar-refractivity contribution in [3.8, 4) is 16.3 Å². The summed E-state index contributed by atoms with van der Waals surface area (Å²) in [5, 5.41) is 25.0. The van der Waals surface area contributed by atoms with Gasteiger partial charge >= 0.3 is 5.97 Å². The van der Waals surface area contributed by atoms with Gasteiger partial charge in [0.05, 0.1) is 12.2 Å². The molecule has 0 bridgehead atoms. The molecule has 12 heteroatoms. The van der Waals surface area contributed by atoms with Crippen LogP contribution in [-0.2, 0) is 16.1 Å². The number of anilines is 1. The minimum absolute atomic E-state index is 0.237. The van der Waals surface area contributed by atoms with Crippen LogP contribution in [0.4, 0.5) is 5.95 Å². The highest BCUT2D eigenvalue weighted by atomic mass is 32.2. The molecule has 42 heavy (non-hydrogen) atoms. The van der Waals surface area contributed by atoms with Crippen LogP contribution in [-0.4, -0.2) is 48.7 Å². The molecule has 0 radical (unpaired) electrons. The number of aromatic nitrogens is 6. The normalized spacial score (nSPS) is 14.3. The largest absolute Gasteiger partial charge is 0.489 e. The number of tetrazole rings is 1. The number of nitrogens with zero attached hydrogens (tertiary/aromatic N) is 6. The van der Waals surface area contributed by atoms with Crippen molar-refractivity contribution >= 4 is 35.0 Å². The molecule has 5 aromatic rings. The first kappa shape index (κ1) is 27.6. The molecule has 2 aromatic heterocycles. The summed E-state index contributed by atoms with van der Waals surface area (Å²) < 4.78 is 13.9. The van der Waals surface area contributed by atoms with Crippen LogP contribution in [0, 0.1) is 6.92 Å². The fraction of sp³-hybridized carbons (Fsp3) is 0.200. The highest BCUT2D eigenvalue weighted by Gasteiger charge is 2.36. The smallest absolute Gasteiger partial charge is 0.338 e. The van der Waals surface area contributed by atoms with Gasteiger partial charge in [-0.05, 0) is 47.5 Å². The first-order valence-electron chi connectivity index (χ1n) is 13.3. The number of aryl methyl sites for hydroxylation is 1. The zero-order valence-corrected chi connectivity index (χ0v) is 24.6. The lowest BCUT2D eigenvalue weighted by atomic mass is 9.95. The molecule has 0 saturated carbocycles. The van der Waals surface area contributed by atoms with Gasteiger partial charge in [0.1, 0.15) is 23.4 Å². The third-order valence-corrected chi connectivity index (χ3v) is 8.68. The molecule has 0 aliphatic carbocycles. The molecule has 0 amide bonds. The number of carbonyl (C=O) groups excluding carboxylic acids is 1. The van der Waals surface area contributed by atoms with Crippen molar-refractivity contribution in [3.63, 3.8) is 0 Å². The summed E-state index contributed by atoms with van der Waals surface area (Å²) in [6.45, 7) is 4.54. The van der Waals surface area contributed by atoms with Crippen molar-refractivity contribution in [1.82, 2.24) is 30.4 Å². The van der Waals surface area contributed by atoms with Crippen molar-refractivity contribution in [1.29, 1.82) is 0 Å². The third kappa shape index (κ3) is 6.04. The molecule has 10 nitrogen and oxygen atoms in total. The summed E-state index contributed by atoms with van der Waals surface area (Å²) in [4.78, 5) is 13.4. The van der Waals surface area contributed by atoms with Gasteiger partial charge in [-0.25, -0.2) is 4.79 Å². The number of fused-ring (bicyclic) bond motifs is 1. The summed E-state index contributed by atoms with van der Waals surface area (Å²) in [7, 11) is 0. The molecule has 1 aliphatic heterocycles. The molecule has 1 unspecified atom stereocenters. The Bertz CT molecular complexity index is 1720. The Labute approximate surface area is 250 Å². The van der Waals surface area contributed by atoms with E-state index in [9.17, 15) is 4.79 Å². The van der Waals surface area contributed by atoms with Crippen LogP contribution >= 0.6 is 23.1 Å². The number of benzene rings is 3. The van der Waals surface area contributed by atoms with Crippen molar-refractivity contribution in [2.24, 2.45) is 0 Å². The number of carbonyl (C=O) groups is 1. The number of ether oxygens (including phenoxy) is 2. The summed E-state index contributed by atoms with van der Waals surface area (Å²) >= 11 is 2.98. The number of thioether (sulfide) groups is 1. The predicted molar refractivity (Wildman–Crippen MR) is 161 cm³/mol. The van der Waals surface area contributed by atoms with E-state index in [4.69, 9.17) is 9.47 Å². The topological polar surface area (TPSA) is 117 Å². The van der Waals surface area contributed by atoms with E-state index in [1.165, 1.54) is 28.7 Å². The molecular formula is C30H27N7O3S2. The zero-order valence-electron chi connectivity index (χ0n) is 22.9. The fourth-order valence-electron chi connectivity index (χ4n) is 4.62. The number of hydrogen-bond donors (Lipinski definition) is 1. The van der Waals surface area contributed by atoms with E-state index in [0.717, 1.165) is 26.0 Å². The third-order valence-electron chi connectivity index (χ3n) is 6.54. The minimum Gasteiger partial charge on any atom is -0.489 e. The lowest BCUT2D eigenvalue weighted by molar-refractivity contribution is -0.139. The second-order valence-electron chi connectivity index (χ2n) is 9.46. The van der Waals surface area contributed by atoms with Crippen molar-refractivity contribution in [2.75, 3.05) is 17.7 Å². The van der Waals surface area contributed by atoms with Crippen LogP contribution in [0.1, 0.15) is 29.7 Å². The maximum absolute atomic E-state index is 13.4. The van der Waals surface area contributed by atoms with Gasteiger partial charge < -0.3 is 14.8 Å². The average molecular weight is 598 g/mol. The highest BCUT2D eigenvalue weighted by Crippen LogP contribution is 2.38. The molecule has 1 aliphatic rings. The van der Waals surface area contributed by atoms with E-state index in [1.54, 1.807) is 11.6 Å². The molecule has 0 spiro atoms. The Kier molecular flexibility index (Phi) is 8.24. The summed E-state index contributed by atoms with van der Waals surface area (Å²) in [6.07, 6.45) is 0. The van der Waals surface area contributed by atoms with Crippen LogP contribution in [0.3, 0.4) is 0 Å². The van der Waals surface area contributed by atoms with Gasteiger partial charge in [0.25, 0.3) is 0 Å². The number of esters is 1. The standard InChI is InChI=1S/C30H27N7O3S2/c1-3-39-28(38)25-24(18-41-30-34-32-27(42-30)22-10-5-4-6-11-22)31-29-33-35-36-37(29)26(25)21-12-14-23(15-13-21)40-17-20-9-7-8-19(2)16-20/h4-16,26H,3,17-18H2,1-2H3,(H,31,33,36). The lowest BCUT2D eigenvalue weighted by Crippen LogP contribution is -2.31. The summed E-state index contributed by atoms with van der Waals surface area (Å²) in [5.74, 6) is 1.13. The van der Waals surface area contributed by atoms with Gasteiger partial charge in [0.15, 0.2) is 4.34 Å². The Morgan fingerprint density at radius 2 is 1.86 bits per heavy atom. The number of nitrogens with one attached hydrogen (secondary N) is 1. The minimum atomic E-state index is -0.592. The average Bonchev–Trinajstić information content (AvgIpc) is 3.69. The zero-order chi connectivity index (χ0) is 28.9. The van der Waals surface area contributed by atoms with Crippen molar-refractivity contribution in [2.45, 2.75) is 30.8 Å². The molecule has 3 aromatic carbocycles. The van der Waals surface area contributed by atoms with E-state index >= 15 is 0 Å². The SMILES string of the molecule is CCOC(=O)C1=C(CSc2nnc(-c3ccccc3)s2)Nc2nnnn2C1c1ccc(OCc2cccc(C)c2)cc1. The van der Waals surface area contributed by atoms with Gasteiger partial charge in [-0.3, -0.25) is 0 Å². The van der Waals surface area contributed by atoms with Gasteiger partial charge in [-0.2, -0.15) is 4.68 Å². The van der Waals surface area contributed by atoms with Crippen molar-refractivity contribution in [3.05, 3.63) is 107 Å². The maximum Gasteiger partial charge on any atom is 0.338 e. The monoisotopic (exact) mass is 597 g/mol. The molecule has 6 rings (SSSR count). The van der Waals surface area contributed by atoms with Crippen LogP contribution < -0.4 is 10.1 Å². The first-order valence-corrected chi connectivity index (χ1v) is 15.1. The fourth-order valence-corrected chi connectivity index (χ4v) is 6.45. The number of hydrogen-bond acceptors (Lipinski definition) is 11. The number of rotatable bonds is 10. The van der Waals surface area contributed by atoms with E-state index in [0.29, 0.717) is 35.3 Å². The molecular weight excluding hydrogens is 571 g/mol. The van der Waals surface area contributed by atoms with Crippen LogP contribution in [0.15, 0.2) is 94.5 Å². The van der Waals surface area contributed by atoms with E-state index in [2.05, 4.69) is 50.1 Å². The molecule has 0 saturated heterocycles. The summed E-state index contributed by atoms with van der Waals surface area (Å²) in [5.41, 5.74) is 5.20. The van der Waals surface area contributed by atoms with E-state index in [-0.39, 0.29) is 6.61 Å². The Hall–Kier alpha value is -4.55. The molecule has 1 atom stereocenters. The van der Waals surface area contributed by atoms with Gasteiger partial charge in [0.2, 0.25) is 5.95 Å². The van der Waals surface area contributed by atoms with Crippen LogP contribution in [0.25, 0.3) is 10.6 Å². The lowest BCUT2D eigenvalue weighted by Gasteiger charge is -2.28. The van der Waals surface area contributed by atoms with E-state index < -0.39 is 12.0 Å². The van der Waals surface area contributed by atoms with Crippen LogP contribution in [0.5, 0.6) is 5.75 Å². The molecule has 1 N–H and O–H groups in total. The van der Waals surface area contributed by atoms with E-state index in [1.807, 2.05) is 66.7 Å². The van der Waals surface area contributed by atoms with Gasteiger partial charge in [-0.15, -0.1) is 10.2 Å². The first-order chi connectivity index (χ1) is 20.6. The van der Waals surface area contributed by atoms with Crippen molar-refractivity contribution < 1.29 is 14.3 Å². The molecule has 0 fully saturated rings. The Morgan fingerprint density at radius 3 is 2.64 bits per heavy atom. The second-order valence-corrected chi connectivity index (χ2v) is 11.7. The quantitative estimate of drug-likeness (QED) is 0.159. The highest BCUT2D eigenvalue weighted by molar-refractivity contribution is 8.01. The predicted octanol–water partition coefficient (Wildman–Crippen LogP) is 5.70.